The first-order valence-corrected chi connectivity index (χ1v) is 4.38. The molecule has 0 aromatic rings. The first-order valence-electron chi connectivity index (χ1n) is 4.38. The number of rotatable bonds is 0. The molecule has 2 aliphatic carbocycles. The number of aliphatic hydroxyl groups excluding tert-OH is 1. The van der Waals surface area contributed by atoms with Gasteiger partial charge in [-0.2, -0.15) is 0 Å². The minimum absolute atomic E-state index is 0.0381. The molecule has 1 heteroatoms. The first kappa shape index (κ1) is 6.66. The van der Waals surface area contributed by atoms with Crippen molar-refractivity contribution in [2.24, 2.45) is 23.7 Å². The quantitative estimate of drug-likeness (QED) is 0.542. The Bertz CT molecular complexity index is 142. The third-order valence-electron chi connectivity index (χ3n) is 3.86. The fourth-order valence-electron chi connectivity index (χ4n) is 2.90. The van der Waals surface area contributed by atoms with Gasteiger partial charge >= 0.3 is 0 Å². The Morgan fingerprint density at radius 1 is 1.10 bits per heavy atom. The Hall–Kier alpha value is -0.0400. The lowest BCUT2D eigenvalue weighted by molar-refractivity contribution is 0.0645. The van der Waals surface area contributed by atoms with Gasteiger partial charge in [0.05, 0.1) is 6.10 Å². The van der Waals surface area contributed by atoms with Crippen molar-refractivity contribution in [3.05, 3.63) is 0 Å². The molecule has 0 amide bonds. The molecular weight excluding hydrogens is 124 g/mol. The summed E-state index contributed by atoms with van der Waals surface area (Å²) in [6.07, 6.45) is 2.41. The van der Waals surface area contributed by atoms with Crippen molar-refractivity contribution in [3.8, 4) is 0 Å². The van der Waals surface area contributed by atoms with Gasteiger partial charge in [0.15, 0.2) is 0 Å². The van der Waals surface area contributed by atoms with Crippen molar-refractivity contribution in [1.82, 2.24) is 0 Å². The molecule has 2 saturated carbocycles. The van der Waals surface area contributed by atoms with Crippen molar-refractivity contribution in [2.75, 3.05) is 0 Å². The molecule has 0 aromatic heterocycles. The third-order valence-corrected chi connectivity index (χ3v) is 3.86. The van der Waals surface area contributed by atoms with Crippen LogP contribution in [0.3, 0.4) is 0 Å². The maximum absolute atomic E-state index is 9.51. The molecule has 0 aliphatic heterocycles. The standard InChI is InChI=1S/C9H16O/c1-5-6(2)8-3-7(5)4-9(8)10/h5-10H,3-4H2,1-2H3. The molecule has 2 bridgehead atoms. The zero-order valence-corrected chi connectivity index (χ0v) is 6.75. The number of hydrogen-bond donors (Lipinski definition) is 1. The summed E-state index contributed by atoms with van der Waals surface area (Å²) in [5.41, 5.74) is 0. The predicted molar refractivity (Wildman–Crippen MR) is 40.5 cm³/mol. The fraction of sp³-hybridized carbons (Fsp3) is 1.00. The minimum atomic E-state index is 0.0381. The summed E-state index contributed by atoms with van der Waals surface area (Å²) in [7, 11) is 0. The molecule has 0 saturated heterocycles. The molecule has 5 atom stereocenters. The molecule has 58 valence electrons. The molecule has 2 fully saturated rings. The first-order chi connectivity index (χ1) is 4.70. The van der Waals surface area contributed by atoms with Crippen LogP contribution in [-0.4, -0.2) is 11.2 Å². The van der Waals surface area contributed by atoms with Gasteiger partial charge in [0, 0.05) is 0 Å². The van der Waals surface area contributed by atoms with Gasteiger partial charge in [0.25, 0.3) is 0 Å². The zero-order valence-electron chi connectivity index (χ0n) is 6.75. The van der Waals surface area contributed by atoms with E-state index in [-0.39, 0.29) is 6.10 Å². The maximum Gasteiger partial charge on any atom is 0.0573 e. The van der Waals surface area contributed by atoms with Crippen molar-refractivity contribution >= 4 is 0 Å². The average Bonchev–Trinajstić information content (AvgIpc) is 2.36. The van der Waals surface area contributed by atoms with E-state index in [1.807, 2.05) is 0 Å². The summed E-state index contributed by atoms with van der Waals surface area (Å²) in [6.45, 7) is 4.62. The number of fused-ring (bicyclic) bond motifs is 2. The summed E-state index contributed by atoms with van der Waals surface area (Å²) in [5.74, 6) is 3.12. The van der Waals surface area contributed by atoms with E-state index >= 15 is 0 Å². The second-order valence-corrected chi connectivity index (χ2v) is 4.18. The second-order valence-electron chi connectivity index (χ2n) is 4.18. The van der Waals surface area contributed by atoms with Crippen LogP contribution in [0.2, 0.25) is 0 Å². The van der Waals surface area contributed by atoms with Crippen LogP contribution in [0, 0.1) is 23.7 Å². The van der Waals surface area contributed by atoms with Crippen LogP contribution in [0.1, 0.15) is 26.7 Å². The average molecular weight is 140 g/mol. The fourth-order valence-corrected chi connectivity index (χ4v) is 2.90. The van der Waals surface area contributed by atoms with Crippen molar-refractivity contribution in [3.63, 3.8) is 0 Å². The molecule has 1 nitrogen and oxygen atoms in total. The Morgan fingerprint density at radius 2 is 1.80 bits per heavy atom. The highest BCUT2D eigenvalue weighted by Gasteiger charge is 2.47. The molecule has 1 N–H and O–H groups in total. The topological polar surface area (TPSA) is 20.2 Å². The van der Waals surface area contributed by atoms with Gasteiger partial charge in [0.2, 0.25) is 0 Å². The van der Waals surface area contributed by atoms with Crippen LogP contribution in [0.5, 0.6) is 0 Å². The smallest absolute Gasteiger partial charge is 0.0573 e. The van der Waals surface area contributed by atoms with Gasteiger partial charge in [-0.25, -0.2) is 0 Å². The maximum atomic E-state index is 9.51. The third kappa shape index (κ3) is 0.672. The summed E-state index contributed by atoms with van der Waals surface area (Å²) in [5, 5.41) is 9.51. The van der Waals surface area contributed by atoms with E-state index in [0.717, 1.165) is 24.2 Å². The van der Waals surface area contributed by atoms with E-state index in [1.54, 1.807) is 0 Å². The Morgan fingerprint density at radius 3 is 2.20 bits per heavy atom. The zero-order chi connectivity index (χ0) is 7.30. The molecule has 5 unspecified atom stereocenters. The van der Waals surface area contributed by atoms with E-state index in [9.17, 15) is 5.11 Å². The van der Waals surface area contributed by atoms with E-state index in [2.05, 4.69) is 13.8 Å². The summed E-state index contributed by atoms with van der Waals surface area (Å²) in [4.78, 5) is 0. The van der Waals surface area contributed by atoms with E-state index in [4.69, 9.17) is 0 Å². The highest BCUT2D eigenvalue weighted by Crippen LogP contribution is 2.51. The van der Waals surface area contributed by atoms with E-state index < -0.39 is 0 Å². The predicted octanol–water partition coefficient (Wildman–Crippen LogP) is 1.66. The van der Waals surface area contributed by atoms with E-state index in [0.29, 0.717) is 5.92 Å². The lowest BCUT2D eigenvalue weighted by Gasteiger charge is -2.28. The van der Waals surface area contributed by atoms with Crippen LogP contribution in [0.4, 0.5) is 0 Å². The molecule has 2 rings (SSSR count). The van der Waals surface area contributed by atoms with Crippen LogP contribution < -0.4 is 0 Å². The van der Waals surface area contributed by atoms with Gasteiger partial charge < -0.3 is 5.11 Å². The molecule has 0 radical (unpaired) electrons. The summed E-state index contributed by atoms with van der Waals surface area (Å²) < 4.78 is 0. The van der Waals surface area contributed by atoms with Crippen LogP contribution in [-0.2, 0) is 0 Å². The lowest BCUT2D eigenvalue weighted by atomic mass is 9.80. The summed E-state index contributed by atoms with van der Waals surface area (Å²) >= 11 is 0. The largest absolute Gasteiger partial charge is 0.393 e. The SMILES string of the molecule is CC1C2CC(O)C(C2)C1C. The molecule has 0 spiro atoms. The van der Waals surface area contributed by atoms with Crippen LogP contribution in [0.15, 0.2) is 0 Å². The second kappa shape index (κ2) is 1.97. The van der Waals surface area contributed by atoms with Gasteiger partial charge in [-0.1, -0.05) is 13.8 Å². The van der Waals surface area contributed by atoms with Crippen molar-refractivity contribution in [1.29, 1.82) is 0 Å². The minimum Gasteiger partial charge on any atom is -0.393 e. The normalized spacial score (nSPS) is 59.7. The molecule has 2 aliphatic rings. The molecule has 0 aromatic carbocycles. The molecule has 10 heavy (non-hydrogen) atoms. The van der Waals surface area contributed by atoms with E-state index in [1.165, 1.54) is 6.42 Å². The summed E-state index contributed by atoms with van der Waals surface area (Å²) in [6, 6.07) is 0. The van der Waals surface area contributed by atoms with Gasteiger partial charge in [-0.3, -0.25) is 0 Å². The Labute approximate surface area is 62.4 Å². The van der Waals surface area contributed by atoms with Crippen LogP contribution in [0.25, 0.3) is 0 Å². The van der Waals surface area contributed by atoms with Gasteiger partial charge in [-0.05, 0) is 36.5 Å². The highest BCUT2D eigenvalue weighted by atomic mass is 16.3. The molecular formula is C9H16O. The molecule has 0 heterocycles. The lowest BCUT2D eigenvalue weighted by Crippen LogP contribution is -2.27. The van der Waals surface area contributed by atoms with Crippen molar-refractivity contribution < 1.29 is 5.11 Å². The number of aliphatic hydroxyl groups is 1. The van der Waals surface area contributed by atoms with Gasteiger partial charge in [-0.15, -0.1) is 0 Å². The highest BCUT2D eigenvalue weighted by molar-refractivity contribution is 4.97. The van der Waals surface area contributed by atoms with Crippen molar-refractivity contribution in [2.45, 2.75) is 32.8 Å². The monoisotopic (exact) mass is 140 g/mol. The number of hydrogen-bond acceptors (Lipinski definition) is 1. The Kier molecular flexibility index (Phi) is 1.31. The van der Waals surface area contributed by atoms with Gasteiger partial charge in [0.1, 0.15) is 0 Å². The Balaban J connectivity index is 2.16. The van der Waals surface area contributed by atoms with Crippen LogP contribution >= 0.6 is 0 Å².